The van der Waals surface area contributed by atoms with E-state index < -0.39 is 17.5 Å². The average molecular weight is 253 g/mol. The zero-order chi connectivity index (χ0) is 13.3. The van der Waals surface area contributed by atoms with Crippen molar-refractivity contribution in [2.75, 3.05) is 13.1 Å². The number of carboxylic acids is 1. The number of aromatic carboxylic acids is 1. The molecule has 2 heterocycles. The van der Waals surface area contributed by atoms with E-state index in [9.17, 15) is 14.7 Å². The quantitative estimate of drug-likeness (QED) is 0.692. The SMILES string of the molecule is CC1(O)CCCN(C(=O)c2nc[nH]c2C(=O)O)C1. The largest absolute Gasteiger partial charge is 0.477 e. The molecule has 0 bridgehead atoms. The van der Waals surface area contributed by atoms with Gasteiger partial charge in [-0.25, -0.2) is 9.78 Å². The molecule has 2 rings (SSSR count). The minimum atomic E-state index is -1.22. The lowest BCUT2D eigenvalue weighted by molar-refractivity contribution is -0.0109. The summed E-state index contributed by atoms with van der Waals surface area (Å²) in [6.07, 6.45) is 2.49. The molecule has 7 heteroatoms. The van der Waals surface area contributed by atoms with E-state index >= 15 is 0 Å². The summed E-state index contributed by atoms with van der Waals surface area (Å²) in [6.45, 7) is 2.35. The molecule has 18 heavy (non-hydrogen) atoms. The van der Waals surface area contributed by atoms with E-state index in [4.69, 9.17) is 5.11 Å². The highest BCUT2D eigenvalue weighted by Crippen LogP contribution is 2.22. The van der Waals surface area contributed by atoms with Gasteiger partial charge in [-0.05, 0) is 19.8 Å². The van der Waals surface area contributed by atoms with Crippen LogP contribution in [0.3, 0.4) is 0 Å². The van der Waals surface area contributed by atoms with Crippen molar-refractivity contribution in [2.24, 2.45) is 0 Å². The number of β-amino-alcohol motifs (C(OH)–C–C–N with tert-alkyl or cyclic N) is 1. The van der Waals surface area contributed by atoms with E-state index in [1.807, 2.05) is 0 Å². The van der Waals surface area contributed by atoms with Gasteiger partial charge in [0, 0.05) is 13.1 Å². The Morgan fingerprint density at radius 3 is 2.89 bits per heavy atom. The molecule has 7 nitrogen and oxygen atoms in total. The van der Waals surface area contributed by atoms with Crippen molar-refractivity contribution in [1.82, 2.24) is 14.9 Å². The number of H-pyrrole nitrogens is 1. The van der Waals surface area contributed by atoms with Crippen molar-refractivity contribution in [3.8, 4) is 0 Å². The maximum absolute atomic E-state index is 12.1. The first-order chi connectivity index (χ1) is 8.41. The number of amides is 1. The number of hydrogen-bond donors (Lipinski definition) is 3. The molecule has 3 N–H and O–H groups in total. The van der Waals surface area contributed by atoms with E-state index in [2.05, 4.69) is 9.97 Å². The van der Waals surface area contributed by atoms with Crippen LogP contribution in [0, 0.1) is 0 Å². The minimum Gasteiger partial charge on any atom is -0.477 e. The first-order valence-electron chi connectivity index (χ1n) is 5.69. The van der Waals surface area contributed by atoms with Crippen molar-refractivity contribution in [3.63, 3.8) is 0 Å². The van der Waals surface area contributed by atoms with E-state index in [-0.39, 0.29) is 17.9 Å². The van der Waals surface area contributed by atoms with Gasteiger partial charge in [0.1, 0.15) is 0 Å². The summed E-state index contributed by atoms with van der Waals surface area (Å²) < 4.78 is 0. The topological polar surface area (TPSA) is 107 Å². The molecule has 1 atom stereocenters. The molecule has 1 aromatic heterocycles. The number of carbonyl (C=O) groups is 2. The predicted octanol–water partition coefficient (Wildman–Crippen LogP) is 0.0949. The molecule has 0 aromatic carbocycles. The first kappa shape index (κ1) is 12.6. The van der Waals surface area contributed by atoms with Crippen molar-refractivity contribution in [2.45, 2.75) is 25.4 Å². The van der Waals surface area contributed by atoms with Crippen LogP contribution < -0.4 is 0 Å². The molecule has 0 aliphatic carbocycles. The normalized spacial score (nSPS) is 24.0. The van der Waals surface area contributed by atoms with Crippen molar-refractivity contribution in [3.05, 3.63) is 17.7 Å². The Hall–Kier alpha value is -1.89. The lowest BCUT2D eigenvalue weighted by atomic mass is 9.95. The third-order valence-corrected chi connectivity index (χ3v) is 3.02. The molecule has 1 saturated heterocycles. The summed E-state index contributed by atoms with van der Waals surface area (Å²) in [6, 6.07) is 0. The maximum atomic E-state index is 12.1. The Morgan fingerprint density at radius 2 is 2.28 bits per heavy atom. The fourth-order valence-corrected chi connectivity index (χ4v) is 2.16. The molecule has 1 fully saturated rings. The summed E-state index contributed by atoms with van der Waals surface area (Å²) in [7, 11) is 0. The number of hydrogen-bond acceptors (Lipinski definition) is 4. The van der Waals surface area contributed by atoms with Crippen molar-refractivity contribution in [1.29, 1.82) is 0 Å². The van der Waals surface area contributed by atoms with Crippen molar-refractivity contribution < 1.29 is 19.8 Å². The number of aliphatic hydroxyl groups is 1. The van der Waals surface area contributed by atoms with Crippen LogP contribution in [0.4, 0.5) is 0 Å². The van der Waals surface area contributed by atoms with E-state index in [0.29, 0.717) is 19.4 Å². The van der Waals surface area contributed by atoms with Gasteiger partial charge in [0.2, 0.25) is 0 Å². The van der Waals surface area contributed by atoms with Crippen LogP contribution in [-0.2, 0) is 0 Å². The number of nitrogens with one attached hydrogen (secondary N) is 1. The van der Waals surface area contributed by atoms with Gasteiger partial charge in [-0.2, -0.15) is 0 Å². The molecule has 1 aliphatic rings. The third-order valence-electron chi connectivity index (χ3n) is 3.02. The fourth-order valence-electron chi connectivity index (χ4n) is 2.16. The highest BCUT2D eigenvalue weighted by molar-refractivity contribution is 6.02. The third kappa shape index (κ3) is 2.35. The van der Waals surface area contributed by atoms with Crippen LogP contribution in [0.15, 0.2) is 6.33 Å². The minimum absolute atomic E-state index is 0.111. The number of piperidine rings is 1. The number of likely N-dealkylation sites (tertiary alicyclic amines) is 1. The van der Waals surface area contributed by atoms with Crippen LogP contribution >= 0.6 is 0 Å². The molecule has 98 valence electrons. The molecule has 0 saturated carbocycles. The monoisotopic (exact) mass is 253 g/mol. The number of aromatic nitrogens is 2. The Balaban J connectivity index is 2.21. The molecule has 0 spiro atoms. The number of aromatic amines is 1. The smallest absolute Gasteiger partial charge is 0.354 e. The number of carboxylic acid groups (broad SMARTS) is 1. The van der Waals surface area contributed by atoms with Crippen LogP contribution in [0.25, 0.3) is 0 Å². The van der Waals surface area contributed by atoms with Crippen LogP contribution in [0.5, 0.6) is 0 Å². The van der Waals surface area contributed by atoms with Gasteiger partial charge in [-0.15, -0.1) is 0 Å². The summed E-state index contributed by atoms with van der Waals surface area (Å²) in [4.78, 5) is 30.7. The molecule has 1 aromatic rings. The van der Waals surface area contributed by atoms with Gasteiger partial charge < -0.3 is 20.1 Å². The van der Waals surface area contributed by atoms with E-state index in [1.54, 1.807) is 6.92 Å². The molecule has 1 aliphatic heterocycles. The van der Waals surface area contributed by atoms with Gasteiger partial charge in [0.25, 0.3) is 5.91 Å². The lowest BCUT2D eigenvalue weighted by Crippen LogP contribution is -2.48. The van der Waals surface area contributed by atoms with Crippen molar-refractivity contribution >= 4 is 11.9 Å². The second-order valence-electron chi connectivity index (χ2n) is 4.76. The Kier molecular flexibility index (Phi) is 3.08. The Bertz CT molecular complexity index is 480. The highest BCUT2D eigenvalue weighted by atomic mass is 16.4. The van der Waals surface area contributed by atoms with Crippen LogP contribution in [0.2, 0.25) is 0 Å². The Morgan fingerprint density at radius 1 is 1.56 bits per heavy atom. The predicted molar refractivity (Wildman–Crippen MR) is 61.3 cm³/mol. The number of carbonyl (C=O) groups excluding carboxylic acids is 1. The number of imidazole rings is 1. The first-order valence-corrected chi connectivity index (χ1v) is 5.69. The summed E-state index contributed by atoms with van der Waals surface area (Å²) in [5, 5.41) is 18.8. The van der Waals surface area contributed by atoms with Gasteiger partial charge in [-0.3, -0.25) is 4.79 Å². The number of nitrogens with zero attached hydrogens (tertiary/aromatic N) is 2. The standard InChI is InChI=1S/C11H15N3O4/c1-11(18)3-2-4-14(5-11)9(15)7-8(10(16)17)13-6-12-7/h6,18H,2-5H2,1H3,(H,12,13)(H,16,17). The Labute approximate surface area is 103 Å². The molecular weight excluding hydrogens is 238 g/mol. The van der Waals surface area contributed by atoms with E-state index in [1.165, 1.54) is 11.2 Å². The zero-order valence-corrected chi connectivity index (χ0v) is 10.0. The van der Waals surface area contributed by atoms with Gasteiger partial charge in [0.05, 0.1) is 11.9 Å². The van der Waals surface area contributed by atoms with Crippen LogP contribution in [0.1, 0.15) is 40.7 Å². The molecule has 1 unspecified atom stereocenters. The average Bonchev–Trinajstić information content (AvgIpc) is 2.75. The maximum Gasteiger partial charge on any atom is 0.354 e. The molecule has 1 amide bonds. The second-order valence-corrected chi connectivity index (χ2v) is 4.76. The highest BCUT2D eigenvalue weighted by Gasteiger charge is 2.33. The summed E-state index contributed by atoms with van der Waals surface area (Å²) in [5.74, 6) is -1.69. The van der Waals surface area contributed by atoms with Crippen LogP contribution in [-0.4, -0.2) is 55.6 Å². The molecule has 0 radical (unpaired) electrons. The number of rotatable bonds is 2. The van der Waals surface area contributed by atoms with E-state index in [0.717, 1.165) is 0 Å². The van der Waals surface area contributed by atoms with Gasteiger partial charge >= 0.3 is 5.97 Å². The molecular formula is C11H15N3O4. The summed E-state index contributed by atoms with van der Waals surface area (Å²) >= 11 is 0. The summed E-state index contributed by atoms with van der Waals surface area (Å²) in [5.41, 5.74) is -1.25. The second kappa shape index (κ2) is 4.41. The van der Waals surface area contributed by atoms with Gasteiger partial charge in [-0.1, -0.05) is 0 Å². The zero-order valence-electron chi connectivity index (χ0n) is 10.0. The lowest BCUT2D eigenvalue weighted by Gasteiger charge is -2.36. The fraction of sp³-hybridized carbons (Fsp3) is 0.545. The van der Waals surface area contributed by atoms with Gasteiger partial charge in [0.15, 0.2) is 11.4 Å².